The summed E-state index contributed by atoms with van der Waals surface area (Å²) in [6.45, 7) is 0.00340. The number of amides is 1. The molecule has 0 aliphatic carbocycles. The molecule has 3 aromatic carbocycles. The standard InChI is InChI=1S/C26H21FN4O2/c1-30-15-14-28-26(30)24(17-10-12-18(27)13-11-17)29-23(32)16-31-21-8-4-2-6-19(21)25(33)20-7-3-5-9-22(20)31/h2-15,24H,16H2,1H3,(H,29,32). The van der Waals surface area contributed by atoms with Crippen molar-refractivity contribution in [3.8, 4) is 0 Å². The largest absolute Gasteiger partial charge is 0.341 e. The van der Waals surface area contributed by atoms with Crippen LogP contribution < -0.4 is 10.7 Å². The molecule has 2 heterocycles. The van der Waals surface area contributed by atoms with Gasteiger partial charge in [-0.2, -0.15) is 0 Å². The molecule has 1 unspecified atom stereocenters. The van der Waals surface area contributed by atoms with E-state index in [-0.39, 0.29) is 23.7 Å². The molecule has 5 rings (SSSR count). The molecule has 0 spiro atoms. The molecular weight excluding hydrogens is 419 g/mol. The molecule has 0 saturated carbocycles. The number of nitrogens with zero attached hydrogens (tertiary/aromatic N) is 3. The summed E-state index contributed by atoms with van der Waals surface area (Å²) >= 11 is 0. The van der Waals surface area contributed by atoms with E-state index < -0.39 is 6.04 Å². The Morgan fingerprint density at radius 1 is 0.970 bits per heavy atom. The smallest absolute Gasteiger partial charge is 0.240 e. The first-order valence-corrected chi connectivity index (χ1v) is 10.6. The topological polar surface area (TPSA) is 68.9 Å². The lowest BCUT2D eigenvalue weighted by Crippen LogP contribution is -2.34. The molecule has 1 amide bonds. The number of nitrogens with one attached hydrogen (secondary N) is 1. The van der Waals surface area contributed by atoms with Crippen molar-refractivity contribution in [2.75, 3.05) is 0 Å². The number of aromatic nitrogens is 3. The van der Waals surface area contributed by atoms with Crippen LogP contribution in [0.15, 0.2) is 90.0 Å². The molecule has 164 valence electrons. The van der Waals surface area contributed by atoms with Crippen molar-refractivity contribution in [2.24, 2.45) is 7.05 Å². The van der Waals surface area contributed by atoms with Crippen molar-refractivity contribution >= 4 is 27.7 Å². The van der Waals surface area contributed by atoms with Gasteiger partial charge in [0.1, 0.15) is 24.2 Å². The fourth-order valence-electron chi connectivity index (χ4n) is 4.20. The van der Waals surface area contributed by atoms with Gasteiger partial charge in [-0.1, -0.05) is 36.4 Å². The van der Waals surface area contributed by atoms with Crippen LogP contribution in [0.3, 0.4) is 0 Å². The SMILES string of the molecule is Cn1ccnc1C(NC(=O)Cn1c2ccccc2c(=O)c2ccccc21)c1ccc(F)cc1. The summed E-state index contributed by atoms with van der Waals surface area (Å²) in [7, 11) is 1.84. The van der Waals surface area contributed by atoms with Gasteiger partial charge in [0.15, 0.2) is 5.43 Å². The monoisotopic (exact) mass is 440 g/mol. The Balaban J connectivity index is 1.56. The van der Waals surface area contributed by atoms with E-state index in [1.54, 1.807) is 36.7 Å². The summed E-state index contributed by atoms with van der Waals surface area (Å²) in [4.78, 5) is 30.7. The molecule has 33 heavy (non-hydrogen) atoms. The number of para-hydroxylation sites is 2. The molecule has 1 N–H and O–H groups in total. The van der Waals surface area contributed by atoms with Crippen molar-refractivity contribution in [2.45, 2.75) is 12.6 Å². The Labute approximate surface area is 188 Å². The predicted molar refractivity (Wildman–Crippen MR) is 125 cm³/mol. The van der Waals surface area contributed by atoms with Crippen molar-refractivity contribution < 1.29 is 9.18 Å². The van der Waals surface area contributed by atoms with Crippen LogP contribution in [0, 0.1) is 5.82 Å². The van der Waals surface area contributed by atoms with Crippen LogP contribution in [0.4, 0.5) is 4.39 Å². The quantitative estimate of drug-likeness (QED) is 0.421. The molecular formula is C26H21FN4O2. The molecule has 0 aliphatic heterocycles. The predicted octanol–water partition coefficient (Wildman–Crippen LogP) is 3.93. The highest BCUT2D eigenvalue weighted by Crippen LogP contribution is 2.22. The number of carbonyl (C=O) groups excluding carboxylic acids is 1. The number of hydrogen-bond acceptors (Lipinski definition) is 3. The van der Waals surface area contributed by atoms with Gasteiger partial charge in [-0.3, -0.25) is 9.59 Å². The molecule has 0 bridgehead atoms. The third-order valence-electron chi connectivity index (χ3n) is 5.81. The van der Waals surface area contributed by atoms with Crippen LogP contribution in [0.5, 0.6) is 0 Å². The average Bonchev–Trinajstić information content (AvgIpc) is 3.26. The van der Waals surface area contributed by atoms with Gasteiger partial charge in [-0.15, -0.1) is 0 Å². The molecule has 1 atom stereocenters. The highest BCUT2D eigenvalue weighted by atomic mass is 19.1. The van der Waals surface area contributed by atoms with Crippen LogP contribution in [0.1, 0.15) is 17.4 Å². The van der Waals surface area contributed by atoms with Gasteiger partial charge in [-0.05, 0) is 42.0 Å². The van der Waals surface area contributed by atoms with E-state index in [0.717, 1.165) is 0 Å². The first kappa shape index (κ1) is 20.6. The van der Waals surface area contributed by atoms with Crippen LogP contribution >= 0.6 is 0 Å². The lowest BCUT2D eigenvalue weighted by molar-refractivity contribution is -0.122. The molecule has 6 nitrogen and oxygen atoms in total. The molecule has 0 fully saturated rings. The minimum absolute atomic E-state index is 0.00340. The number of hydrogen-bond donors (Lipinski definition) is 1. The number of halogens is 1. The maximum atomic E-state index is 13.5. The summed E-state index contributed by atoms with van der Waals surface area (Å²) in [6.07, 6.45) is 3.45. The van der Waals surface area contributed by atoms with E-state index in [4.69, 9.17) is 0 Å². The molecule has 0 aliphatic rings. The van der Waals surface area contributed by atoms with Gasteiger partial charge in [0, 0.05) is 30.2 Å². The van der Waals surface area contributed by atoms with Crippen LogP contribution in [0.2, 0.25) is 0 Å². The Bertz CT molecular complexity index is 1480. The molecule has 0 radical (unpaired) electrons. The Hall–Kier alpha value is -4.26. The Kier molecular flexibility index (Phi) is 5.22. The lowest BCUT2D eigenvalue weighted by Gasteiger charge is -2.21. The van der Waals surface area contributed by atoms with Crippen LogP contribution in [-0.2, 0) is 18.4 Å². The number of imidazole rings is 1. The van der Waals surface area contributed by atoms with Gasteiger partial charge in [0.05, 0.1) is 11.0 Å². The van der Waals surface area contributed by atoms with E-state index in [1.807, 2.05) is 52.6 Å². The van der Waals surface area contributed by atoms with Crippen LogP contribution in [-0.4, -0.2) is 20.0 Å². The second-order valence-electron chi connectivity index (χ2n) is 7.90. The number of rotatable bonds is 5. The third kappa shape index (κ3) is 3.78. The van der Waals surface area contributed by atoms with Crippen molar-refractivity contribution in [1.29, 1.82) is 0 Å². The van der Waals surface area contributed by atoms with Crippen molar-refractivity contribution in [3.63, 3.8) is 0 Å². The van der Waals surface area contributed by atoms with Gasteiger partial charge < -0.3 is 14.5 Å². The molecule has 2 aromatic heterocycles. The van der Waals surface area contributed by atoms with Gasteiger partial charge in [-0.25, -0.2) is 9.37 Å². The van der Waals surface area contributed by atoms with Gasteiger partial charge >= 0.3 is 0 Å². The number of benzene rings is 3. The maximum absolute atomic E-state index is 13.5. The second-order valence-corrected chi connectivity index (χ2v) is 7.90. The Morgan fingerprint density at radius 2 is 1.58 bits per heavy atom. The van der Waals surface area contributed by atoms with E-state index in [0.29, 0.717) is 33.2 Å². The zero-order valence-corrected chi connectivity index (χ0v) is 17.9. The highest BCUT2D eigenvalue weighted by molar-refractivity contribution is 5.94. The molecule has 7 heteroatoms. The van der Waals surface area contributed by atoms with Gasteiger partial charge in [0.25, 0.3) is 0 Å². The minimum atomic E-state index is -0.560. The zero-order chi connectivity index (χ0) is 22.9. The van der Waals surface area contributed by atoms with Crippen molar-refractivity contribution in [3.05, 3.63) is 113 Å². The first-order chi connectivity index (χ1) is 16.0. The Morgan fingerprint density at radius 3 is 2.15 bits per heavy atom. The lowest BCUT2D eigenvalue weighted by atomic mass is 10.1. The minimum Gasteiger partial charge on any atom is -0.341 e. The van der Waals surface area contributed by atoms with Crippen molar-refractivity contribution in [1.82, 2.24) is 19.4 Å². The summed E-state index contributed by atoms with van der Waals surface area (Å²) in [5.41, 5.74) is 2.03. The van der Waals surface area contributed by atoms with E-state index >= 15 is 0 Å². The highest BCUT2D eigenvalue weighted by Gasteiger charge is 2.22. The number of pyridine rings is 1. The fourth-order valence-corrected chi connectivity index (χ4v) is 4.20. The first-order valence-electron chi connectivity index (χ1n) is 10.6. The molecule has 5 aromatic rings. The number of fused-ring (bicyclic) bond motifs is 2. The van der Waals surface area contributed by atoms with E-state index in [9.17, 15) is 14.0 Å². The maximum Gasteiger partial charge on any atom is 0.240 e. The van der Waals surface area contributed by atoms with Crippen LogP contribution in [0.25, 0.3) is 21.8 Å². The zero-order valence-electron chi connectivity index (χ0n) is 17.9. The fraction of sp³-hybridized carbons (Fsp3) is 0.115. The second kappa shape index (κ2) is 8.35. The summed E-state index contributed by atoms with van der Waals surface area (Å²) in [5, 5.41) is 4.16. The van der Waals surface area contributed by atoms with E-state index in [2.05, 4.69) is 10.3 Å². The summed E-state index contributed by atoms with van der Waals surface area (Å²) in [6, 6.07) is 20.0. The number of aryl methyl sites for hydroxylation is 1. The summed E-state index contributed by atoms with van der Waals surface area (Å²) in [5.74, 6) is 0.0192. The number of carbonyl (C=O) groups is 1. The van der Waals surface area contributed by atoms with Gasteiger partial charge in [0.2, 0.25) is 5.91 Å². The normalized spacial score (nSPS) is 12.2. The third-order valence-corrected chi connectivity index (χ3v) is 5.81. The summed E-state index contributed by atoms with van der Waals surface area (Å²) < 4.78 is 17.2. The average molecular weight is 440 g/mol. The van der Waals surface area contributed by atoms with E-state index in [1.165, 1.54) is 12.1 Å². The molecule has 0 saturated heterocycles.